The number of hydrogen-bond donors (Lipinski definition) is 1. The molecule has 2 fully saturated rings. The van der Waals surface area contributed by atoms with Gasteiger partial charge >= 0.3 is 17.9 Å². The number of rotatable bonds is 5. The highest BCUT2D eigenvalue weighted by atomic mass is 16.7. The molecule has 0 radical (unpaired) electrons. The van der Waals surface area contributed by atoms with E-state index in [0.717, 1.165) is 18.7 Å². The molecule has 2 amide bonds. The molecular weight excluding hydrogens is 398 g/mol. The number of carboxylic acid groups (broad SMARTS) is 1. The van der Waals surface area contributed by atoms with Crippen molar-refractivity contribution in [2.75, 3.05) is 4.90 Å². The first kappa shape index (κ1) is 19.8. The fraction of sp³-hybridized carbons (Fsp3) is 0.350. The molecule has 4 rings (SSSR count). The van der Waals surface area contributed by atoms with Crippen molar-refractivity contribution < 1.29 is 43.3 Å². The maximum atomic E-state index is 13.3. The topological polar surface area (TPSA) is 137 Å². The van der Waals surface area contributed by atoms with Gasteiger partial charge in [0.25, 0.3) is 6.29 Å². The summed E-state index contributed by atoms with van der Waals surface area (Å²) in [4.78, 5) is 61.7. The van der Waals surface area contributed by atoms with E-state index < -0.39 is 59.6 Å². The van der Waals surface area contributed by atoms with Crippen LogP contribution < -0.4 is 4.90 Å². The third-order valence-electron chi connectivity index (χ3n) is 5.34. The van der Waals surface area contributed by atoms with Gasteiger partial charge in [0.05, 0.1) is 29.2 Å². The van der Waals surface area contributed by atoms with Gasteiger partial charge in [-0.15, -0.1) is 0 Å². The van der Waals surface area contributed by atoms with E-state index >= 15 is 0 Å². The fourth-order valence-electron chi connectivity index (χ4n) is 4.25. The van der Waals surface area contributed by atoms with Crippen LogP contribution in [-0.2, 0) is 33.4 Å². The van der Waals surface area contributed by atoms with Gasteiger partial charge in [0.1, 0.15) is 0 Å². The number of aromatic carboxylic acids is 1. The second kappa shape index (κ2) is 6.77. The Morgan fingerprint density at radius 3 is 2.40 bits per heavy atom. The number of carbonyl (C=O) groups excluding carboxylic acids is 4. The lowest BCUT2D eigenvalue weighted by Gasteiger charge is -2.34. The lowest BCUT2D eigenvalue weighted by Crippen LogP contribution is -2.52. The van der Waals surface area contributed by atoms with Crippen LogP contribution in [0, 0.1) is 11.8 Å². The Labute approximate surface area is 170 Å². The van der Waals surface area contributed by atoms with Crippen molar-refractivity contribution in [2.24, 2.45) is 11.8 Å². The third-order valence-corrected chi connectivity index (χ3v) is 5.34. The fourth-order valence-corrected chi connectivity index (χ4v) is 4.25. The molecule has 0 aliphatic carbocycles. The molecule has 1 aromatic rings. The number of hydrogen-bond acceptors (Lipinski definition) is 8. The van der Waals surface area contributed by atoms with E-state index in [0.29, 0.717) is 0 Å². The zero-order chi connectivity index (χ0) is 21.8. The van der Waals surface area contributed by atoms with Crippen molar-refractivity contribution in [3.63, 3.8) is 0 Å². The van der Waals surface area contributed by atoms with Crippen LogP contribution in [0.4, 0.5) is 5.69 Å². The average Bonchev–Trinajstić information content (AvgIpc) is 3.32. The van der Waals surface area contributed by atoms with E-state index in [1.807, 2.05) is 0 Å². The summed E-state index contributed by atoms with van der Waals surface area (Å²) in [6.07, 6.45) is 0.680. The molecule has 0 unspecified atom stereocenters. The standard InChI is InChI=1S/C20H17NO9/c1-9(22)28-19(29-10(2)23)20-7-6-13(30-20)14-15(20)17(25)21(16(14)24)12-5-3-4-11(8-12)18(26)27/h3-8,13-15,19H,1-2H3,(H,26,27)/t13-,14+,15+,20+/m0/s1. The summed E-state index contributed by atoms with van der Waals surface area (Å²) in [7, 11) is 0. The number of carboxylic acids is 1. The lowest BCUT2D eigenvalue weighted by atomic mass is 9.76. The maximum Gasteiger partial charge on any atom is 0.335 e. The second-order valence-corrected chi connectivity index (χ2v) is 7.22. The minimum Gasteiger partial charge on any atom is -0.478 e. The van der Waals surface area contributed by atoms with Crippen LogP contribution in [-0.4, -0.2) is 52.8 Å². The molecule has 2 bridgehead atoms. The van der Waals surface area contributed by atoms with Gasteiger partial charge in [-0.25, -0.2) is 9.69 Å². The summed E-state index contributed by atoms with van der Waals surface area (Å²) in [5, 5.41) is 9.21. The largest absolute Gasteiger partial charge is 0.478 e. The van der Waals surface area contributed by atoms with Gasteiger partial charge in [-0.2, -0.15) is 0 Å². The summed E-state index contributed by atoms with van der Waals surface area (Å²) >= 11 is 0. The Kier molecular flexibility index (Phi) is 4.46. The minimum absolute atomic E-state index is 0.0880. The van der Waals surface area contributed by atoms with Crippen LogP contribution in [0.3, 0.4) is 0 Å². The number of imide groups is 1. The molecular formula is C20H17NO9. The summed E-state index contributed by atoms with van der Waals surface area (Å²) < 4.78 is 16.1. The predicted molar refractivity (Wildman–Crippen MR) is 96.9 cm³/mol. The number of benzene rings is 1. The summed E-state index contributed by atoms with van der Waals surface area (Å²) in [6, 6.07) is 5.43. The van der Waals surface area contributed by atoms with Gasteiger partial charge in [0.2, 0.25) is 11.8 Å². The number of carbonyl (C=O) groups is 5. The number of fused-ring (bicyclic) bond motifs is 5. The molecule has 1 aromatic carbocycles. The minimum atomic E-state index is -1.65. The number of amides is 2. The predicted octanol–water partition coefficient (Wildman–Crippen LogP) is 0.650. The molecule has 2 saturated heterocycles. The average molecular weight is 415 g/mol. The molecule has 0 spiro atoms. The molecule has 3 aliphatic heterocycles. The molecule has 156 valence electrons. The van der Waals surface area contributed by atoms with E-state index in [1.165, 1.54) is 30.3 Å². The molecule has 10 heteroatoms. The Morgan fingerprint density at radius 1 is 1.13 bits per heavy atom. The van der Waals surface area contributed by atoms with Crippen molar-refractivity contribution in [2.45, 2.75) is 31.8 Å². The molecule has 0 saturated carbocycles. The Balaban J connectivity index is 1.75. The SMILES string of the molecule is CC(=O)OC(OC(C)=O)[C@]12C=C[C@H](O1)[C@H]1C(=O)N(c3cccc(C(=O)O)c3)C(=O)[C@@H]12. The van der Waals surface area contributed by atoms with Crippen LogP contribution in [0.5, 0.6) is 0 Å². The Morgan fingerprint density at radius 2 is 1.80 bits per heavy atom. The van der Waals surface area contributed by atoms with E-state index in [9.17, 15) is 29.1 Å². The first-order valence-electron chi connectivity index (χ1n) is 9.08. The van der Waals surface area contributed by atoms with Gasteiger partial charge in [-0.3, -0.25) is 19.2 Å². The van der Waals surface area contributed by atoms with Gasteiger partial charge in [-0.1, -0.05) is 12.1 Å². The van der Waals surface area contributed by atoms with Crippen LogP contribution >= 0.6 is 0 Å². The zero-order valence-electron chi connectivity index (χ0n) is 15.9. The van der Waals surface area contributed by atoms with Crippen molar-refractivity contribution in [3.05, 3.63) is 42.0 Å². The molecule has 3 aliphatic rings. The quantitative estimate of drug-likeness (QED) is 0.318. The maximum absolute atomic E-state index is 13.3. The molecule has 4 atom stereocenters. The van der Waals surface area contributed by atoms with E-state index in [1.54, 1.807) is 6.08 Å². The van der Waals surface area contributed by atoms with Gasteiger partial charge in [0.15, 0.2) is 5.60 Å². The van der Waals surface area contributed by atoms with Gasteiger partial charge < -0.3 is 19.3 Å². The molecule has 0 aromatic heterocycles. The van der Waals surface area contributed by atoms with Crippen LogP contribution in [0.2, 0.25) is 0 Å². The van der Waals surface area contributed by atoms with E-state index in [-0.39, 0.29) is 11.3 Å². The lowest BCUT2D eigenvalue weighted by molar-refractivity contribution is -0.226. The van der Waals surface area contributed by atoms with Crippen LogP contribution in [0.25, 0.3) is 0 Å². The number of anilines is 1. The van der Waals surface area contributed by atoms with E-state index in [4.69, 9.17) is 14.2 Å². The van der Waals surface area contributed by atoms with Gasteiger partial charge in [0, 0.05) is 13.8 Å². The number of nitrogens with zero attached hydrogens (tertiary/aromatic N) is 1. The summed E-state index contributed by atoms with van der Waals surface area (Å²) in [5.74, 6) is -6.01. The number of ether oxygens (including phenoxy) is 3. The molecule has 3 heterocycles. The second-order valence-electron chi connectivity index (χ2n) is 7.22. The zero-order valence-corrected chi connectivity index (χ0v) is 15.9. The Hall–Kier alpha value is -3.53. The smallest absolute Gasteiger partial charge is 0.335 e. The van der Waals surface area contributed by atoms with Crippen LogP contribution in [0.15, 0.2) is 36.4 Å². The van der Waals surface area contributed by atoms with Crippen molar-refractivity contribution in [1.82, 2.24) is 0 Å². The van der Waals surface area contributed by atoms with Crippen molar-refractivity contribution in [3.8, 4) is 0 Å². The summed E-state index contributed by atoms with van der Waals surface area (Å²) in [6.45, 7) is 2.22. The highest BCUT2D eigenvalue weighted by molar-refractivity contribution is 6.23. The van der Waals surface area contributed by atoms with E-state index in [2.05, 4.69) is 0 Å². The van der Waals surface area contributed by atoms with Gasteiger partial charge in [-0.05, 0) is 24.3 Å². The third kappa shape index (κ3) is 2.79. The molecule has 1 N–H and O–H groups in total. The molecule has 30 heavy (non-hydrogen) atoms. The van der Waals surface area contributed by atoms with Crippen LogP contribution in [0.1, 0.15) is 24.2 Å². The number of esters is 2. The van der Waals surface area contributed by atoms with Crippen molar-refractivity contribution in [1.29, 1.82) is 0 Å². The first-order chi connectivity index (χ1) is 14.2. The highest BCUT2D eigenvalue weighted by Gasteiger charge is 2.72. The first-order valence-corrected chi connectivity index (χ1v) is 9.08. The normalized spacial score (nSPS) is 28.8. The molecule has 10 nitrogen and oxygen atoms in total. The monoisotopic (exact) mass is 415 g/mol. The highest BCUT2D eigenvalue weighted by Crippen LogP contribution is 2.54. The summed E-state index contributed by atoms with van der Waals surface area (Å²) in [5.41, 5.74) is -1.64. The van der Waals surface area contributed by atoms with Crippen molar-refractivity contribution >= 4 is 35.4 Å². The Bertz CT molecular complexity index is 999.